The highest BCUT2D eigenvalue weighted by Crippen LogP contribution is 2.10. The van der Waals surface area contributed by atoms with E-state index < -0.39 is 0 Å². The molecule has 0 saturated heterocycles. The zero-order valence-corrected chi connectivity index (χ0v) is 7.87. The van der Waals surface area contributed by atoms with Crippen LogP contribution in [0.15, 0.2) is 36.3 Å². The van der Waals surface area contributed by atoms with E-state index in [1.165, 1.54) is 0 Å². The van der Waals surface area contributed by atoms with E-state index in [-0.39, 0.29) is 0 Å². The minimum absolute atomic E-state index is 1.15. The summed E-state index contributed by atoms with van der Waals surface area (Å²) in [6.45, 7) is 11.2. The molecular weight excluding hydrogens is 140 g/mol. The van der Waals surface area contributed by atoms with E-state index in [9.17, 15) is 0 Å². The second-order valence-corrected chi connectivity index (χ2v) is 2.09. The maximum absolute atomic E-state index is 3.61. The second-order valence-electron chi connectivity index (χ2n) is 1.21. The van der Waals surface area contributed by atoms with Crippen molar-refractivity contribution in [2.75, 3.05) is 6.26 Å². The zero-order valence-electron chi connectivity index (χ0n) is 7.05. The van der Waals surface area contributed by atoms with Crippen molar-refractivity contribution in [2.45, 2.75) is 13.8 Å². The van der Waals surface area contributed by atoms with Crippen molar-refractivity contribution in [2.24, 2.45) is 0 Å². The van der Waals surface area contributed by atoms with Gasteiger partial charge < -0.3 is 0 Å². The molecule has 0 N–H and O–H groups in total. The normalized spacial score (nSPS) is 9.30. The van der Waals surface area contributed by atoms with Gasteiger partial charge in [0, 0.05) is 4.91 Å². The van der Waals surface area contributed by atoms with Crippen LogP contribution in [0.1, 0.15) is 13.8 Å². The maximum atomic E-state index is 3.61. The molecule has 0 aromatic rings. The van der Waals surface area contributed by atoms with Crippen LogP contribution in [0.4, 0.5) is 0 Å². The Labute approximate surface area is 68.7 Å². The Morgan fingerprint density at radius 2 is 1.80 bits per heavy atom. The summed E-state index contributed by atoms with van der Waals surface area (Å²) in [4.78, 5) is 1.15. The van der Waals surface area contributed by atoms with E-state index in [2.05, 4.69) is 13.2 Å². The Balaban J connectivity index is 0. The first kappa shape index (κ1) is 12.3. The Morgan fingerprint density at radius 1 is 1.30 bits per heavy atom. The standard InChI is InChI=1S/C7H10S.C2H6/c1-4-6-7(5-2)8-3;1-2/h4-6H,1-2H2,3H3;1-2H3/b7-6+;. The van der Waals surface area contributed by atoms with Gasteiger partial charge in [-0.15, -0.1) is 11.8 Å². The molecule has 0 rings (SSSR count). The van der Waals surface area contributed by atoms with Crippen LogP contribution in [0.25, 0.3) is 0 Å². The molecule has 0 radical (unpaired) electrons. The third-order valence-corrected chi connectivity index (χ3v) is 1.49. The van der Waals surface area contributed by atoms with E-state index in [1.807, 2.05) is 32.3 Å². The molecule has 0 fully saturated rings. The van der Waals surface area contributed by atoms with Gasteiger partial charge in [-0.1, -0.05) is 39.2 Å². The summed E-state index contributed by atoms with van der Waals surface area (Å²) in [5.41, 5.74) is 0. The molecule has 0 aromatic carbocycles. The fraction of sp³-hybridized carbons (Fsp3) is 0.333. The van der Waals surface area contributed by atoms with Gasteiger partial charge in [0.2, 0.25) is 0 Å². The van der Waals surface area contributed by atoms with Crippen molar-refractivity contribution in [3.63, 3.8) is 0 Å². The Bertz CT molecular complexity index is 112. The Morgan fingerprint density at radius 3 is 1.90 bits per heavy atom. The molecule has 0 heterocycles. The van der Waals surface area contributed by atoms with Gasteiger partial charge in [0.1, 0.15) is 0 Å². The molecule has 0 aromatic heterocycles. The van der Waals surface area contributed by atoms with Crippen LogP contribution in [0.2, 0.25) is 0 Å². The van der Waals surface area contributed by atoms with Crippen LogP contribution in [0, 0.1) is 0 Å². The number of allylic oxidation sites excluding steroid dienone is 3. The fourth-order valence-electron chi connectivity index (χ4n) is 0.336. The highest BCUT2D eigenvalue weighted by Gasteiger charge is 1.79. The van der Waals surface area contributed by atoms with Crippen LogP contribution < -0.4 is 0 Å². The minimum Gasteiger partial charge on any atom is -0.130 e. The third-order valence-electron chi connectivity index (χ3n) is 0.719. The molecular formula is C9H16S. The van der Waals surface area contributed by atoms with Gasteiger partial charge in [-0.2, -0.15) is 0 Å². The molecule has 0 nitrogen and oxygen atoms in total. The first-order valence-corrected chi connectivity index (χ1v) is 4.56. The first-order chi connectivity index (χ1) is 4.85. The molecule has 1 heteroatoms. The summed E-state index contributed by atoms with van der Waals surface area (Å²) in [7, 11) is 0. The lowest BCUT2D eigenvalue weighted by Gasteiger charge is -1.88. The topological polar surface area (TPSA) is 0 Å². The average molecular weight is 156 g/mol. The monoisotopic (exact) mass is 156 g/mol. The Hall–Kier alpha value is -0.430. The molecule has 0 aliphatic carbocycles. The van der Waals surface area contributed by atoms with Crippen molar-refractivity contribution >= 4 is 11.8 Å². The quantitative estimate of drug-likeness (QED) is 0.562. The Kier molecular flexibility index (Phi) is 14.0. The fourth-order valence-corrected chi connectivity index (χ4v) is 0.735. The number of rotatable bonds is 3. The van der Waals surface area contributed by atoms with E-state index in [1.54, 1.807) is 17.8 Å². The second kappa shape index (κ2) is 11.4. The first-order valence-electron chi connectivity index (χ1n) is 3.34. The predicted octanol–water partition coefficient (Wildman–Crippen LogP) is 3.63. The molecule has 10 heavy (non-hydrogen) atoms. The maximum Gasteiger partial charge on any atom is 0.00630 e. The van der Waals surface area contributed by atoms with E-state index >= 15 is 0 Å². The largest absolute Gasteiger partial charge is 0.130 e. The van der Waals surface area contributed by atoms with Crippen molar-refractivity contribution in [3.8, 4) is 0 Å². The molecule has 0 spiro atoms. The van der Waals surface area contributed by atoms with Crippen molar-refractivity contribution < 1.29 is 0 Å². The van der Waals surface area contributed by atoms with Gasteiger partial charge in [-0.05, 0) is 12.3 Å². The number of hydrogen-bond donors (Lipinski definition) is 0. The molecule has 0 saturated carbocycles. The highest BCUT2D eigenvalue weighted by atomic mass is 32.2. The van der Waals surface area contributed by atoms with Gasteiger partial charge in [-0.3, -0.25) is 0 Å². The highest BCUT2D eigenvalue weighted by molar-refractivity contribution is 8.02. The van der Waals surface area contributed by atoms with Gasteiger partial charge >= 0.3 is 0 Å². The summed E-state index contributed by atoms with van der Waals surface area (Å²) < 4.78 is 0. The van der Waals surface area contributed by atoms with Crippen LogP contribution in [-0.4, -0.2) is 6.26 Å². The van der Waals surface area contributed by atoms with Crippen LogP contribution >= 0.6 is 11.8 Å². The lowest BCUT2D eigenvalue weighted by atomic mass is 10.5. The summed E-state index contributed by atoms with van der Waals surface area (Å²) in [5, 5.41) is 0. The molecule has 0 aliphatic heterocycles. The van der Waals surface area contributed by atoms with E-state index in [4.69, 9.17) is 0 Å². The molecule has 0 amide bonds. The van der Waals surface area contributed by atoms with Gasteiger partial charge in [0.05, 0.1) is 0 Å². The number of thioether (sulfide) groups is 1. The molecule has 0 unspecified atom stereocenters. The van der Waals surface area contributed by atoms with Gasteiger partial charge in [0.15, 0.2) is 0 Å². The predicted molar refractivity (Wildman–Crippen MR) is 53.3 cm³/mol. The van der Waals surface area contributed by atoms with E-state index in [0.29, 0.717) is 0 Å². The summed E-state index contributed by atoms with van der Waals surface area (Å²) >= 11 is 1.67. The van der Waals surface area contributed by atoms with Crippen molar-refractivity contribution in [1.82, 2.24) is 0 Å². The zero-order chi connectivity index (χ0) is 8.41. The lowest BCUT2D eigenvalue weighted by Crippen LogP contribution is -1.61. The summed E-state index contributed by atoms with van der Waals surface area (Å²) in [5.74, 6) is 0. The SMILES string of the molecule is C=C/C=C(\C=C)SC.CC. The lowest BCUT2D eigenvalue weighted by molar-refractivity contribution is 1.50. The smallest absolute Gasteiger partial charge is 0.00630 e. The summed E-state index contributed by atoms with van der Waals surface area (Å²) in [6.07, 6.45) is 7.51. The van der Waals surface area contributed by atoms with Crippen molar-refractivity contribution in [3.05, 3.63) is 36.3 Å². The van der Waals surface area contributed by atoms with Crippen LogP contribution in [0.5, 0.6) is 0 Å². The molecule has 0 atom stereocenters. The summed E-state index contributed by atoms with van der Waals surface area (Å²) in [6, 6.07) is 0. The van der Waals surface area contributed by atoms with Gasteiger partial charge in [0.25, 0.3) is 0 Å². The molecule has 58 valence electrons. The molecule has 0 bridgehead atoms. The van der Waals surface area contributed by atoms with E-state index in [0.717, 1.165) is 4.91 Å². The molecule has 0 aliphatic rings. The van der Waals surface area contributed by atoms with Crippen LogP contribution in [-0.2, 0) is 0 Å². The average Bonchev–Trinajstić information content (AvgIpc) is 2.04. The van der Waals surface area contributed by atoms with Crippen molar-refractivity contribution in [1.29, 1.82) is 0 Å². The third kappa shape index (κ3) is 7.57. The van der Waals surface area contributed by atoms with Gasteiger partial charge in [-0.25, -0.2) is 0 Å². The minimum atomic E-state index is 1.15. The van der Waals surface area contributed by atoms with Crippen LogP contribution in [0.3, 0.4) is 0 Å². The number of hydrogen-bond acceptors (Lipinski definition) is 1.